The van der Waals surface area contributed by atoms with Crippen LogP contribution in [0.4, 0.5) is 0 Å². The largest absolute Gasteiger partial charge is 0.481 e. The summed E-state index contributed by atoms with van der Waals surface area (Å²) in [6.45, 7) is 1.89. The van der Waals surface area contributed by atoms with Crippen molar-refractivity contribution in [2.45, 2.75) is 32.1 Å². The molecule has 0 aromatic carbocycles. The lowest BCUT2D eigenvalue weighted by Gasteiger charge is -2.29. The normalized spacial score (nSPS) is 21.5. The molecule has 2 amide bonds. The zero-order valence-electron chi connectivity index (χ0n) is 12.8. The summed E-state index contributed by atoms with van der Waals surface area (Å²) in [6.07, 6.45) is 3.70. The number of ether oxygens (including phenoxy) is 1. The Morgan fingerprint density at radius 1 is 1.32 bits per heavy atom. The summed E-state index contributed by atoms with van der Waals surface area (Å²) in [5.41, 5.74) is 0. The standard InChI is InChI=1S/C15H24N2O5/c18-13(10-17-6-2-1-3-14(17)19)16-9-12(15(20)21)11-4-7-22-8-5-11/h11-12H,1-10H2,(H,16,18)(H,20,21). The molecule has 7 heteroatoms. The predicted molar refractivity (Wildman–Crippen MR) is 78.1 cm³/mol. The molecule has 0 aromatic rings. The van der Waals surface area contributed by atoms with E-state index in [1.165, 1.54) is 0 Å². The first-order chi connectivity index (χ1) is 10.6. The van der Waals surface area contributed by atoms with E-state index in [-0.39, 0.29) is 30.8 Å². The van der Waals surface area contributed by atoms with Gasteiger partial charge in [-0.2, -0.15) is 0 Å². The molecule has 2 fully saturated rings. The van der Waals surface area contributed by atoms with Crippen LogP contribution in [-0.2, 0) is 19.1 Å². The molecule has 0 aromatic heterocycles. The Kier molecular flexibility index (Phi) is 6.18. The average molecular weight is 312 g/mol. The van der Waals surface area contributed by atoms with Crippen LogP contribution in [0.2, 0.25) is 0 Å². The molecule has 2 aliphatic rings. The number of carboxylic acid groups (broad SMARTS) is 1. The van der Waals surface area contributed by atoms with Crippen LogP contribution in [0.25, 0.3) is 0 Å². The number of amides is 2. The highest BCUT2D eigenvalue weighted by Crippen LogP contribution is 2.23. The van der Waals surface area contributed by atoms with E-state index in [2.05, 4.69) is 5.32 Å². The van der Waals surface area contributed by atoms with Crippen molar-refractivity contribution in [1.82, 2.24) is 10.2 Å². The van der Waals surface area contributed by atoms with E-state index in [0.29, 0.717) is 39.0 Å². The highest BCUT2D eigenvalue weighted by molar-refractivity contribution is 5.85. The first kappa shape index (κ1) is 16.7. The molecule has 0 radical (unpaired) electrons. The molecule has 2 aliphatic heterocycles. The SMILES string of the molecule is O=C(CN1CCCCC1=O)NCC(C(=O)O)C1CCOCC1. The number of carbonyl (C=O) groups excluding carboxylic acids is 2. The molecule has 22 heavy (non-hydrogen) atoms. The van der Waals surface area contributed by atoms with Crippen LogP contribution in [0.5, 0.6) is 0 Å². The molecule has 2 rings (SSSR count). The van der Waals surface area contributed by atoms with Crippen LogP contribution in [0.15, 0.2) is 0 Å². The molecule has 1 atom stereocenters. The molecule has 1 unspecified atom stereocenters. The smallest absolute Gasteiger partial charge is 0.308 e. The van der Waals surface area contributed by atoms with E-state index in [1.807, 2.05) is 0 Å². The Bertz CT molecular complexity index is 420. The number of hydrogen-bond acceptors (Lipinski definition) is 4. The number of nitrogens with one attached hydrogen (secondary N) is 1. The van der Waals surface area contributed by atoms with Gasteiger partial charge < -0.3 is 20.1 Å². The molecule has 7 nitrogen and oxygen atoms in total. The quantitative estimate of drug-likeness (QED) is 0.732. The van der Waals surface area contributed by atoms with E-state index in [9.17, 15) is 19.5 Å². The lowest BCUT2D eigenvalue weighted by atomic mass is 9.86. The zero-order valence-corrected chi connectivity index (χ0v) is 12.8. The van der Waals surface area contributed by atoms with Crippen molar-refractivity contribution in [1.29, 1.82) is 0 Å². The van der Waals surface area contributed by atoms with Gasteiger partial charge in [-0.15, -0.1) is 0 Å². The second-order valence-corrected chi connectivity index (χ2v) is 5.97. The van der Waals surface area contributed by atoms with Gasteiger partial charge in [-0.25, -0.2) is 0 Å². The van der Waals surface area contributed by atoms with Gasteiger partial charge in [0.15, 0.2) is 0 Å². The number of likely N-dealkylation sites (tertiary alicyclic amines) is 1. The van der Waals surface area contributed by atoms with E-state index in [1.54, 1.807) is 4.90 Å². The van der Waals surface area contributed by atoms with Crippen molar-refractivity contribution in [3.05, 3.63) is 0 Å². The molecule has 124 valence electrons. The Hall–Kier alpha value is -1.63. The molecule has 0 bridgehead atoms. The van der Waals surface area contributed by atoms with Crippen molar-refractivity contribution >= 4 is 17.8 Å². The number of carboxylic acids is 1. The summed E-state index contributed by atoms with van der Waals surface area (Å²) in [7, 11) is 0. The van der Waals surface area contributed by atoms with Crippen LogP contribution >= 0.6 is 0 Å². The first-order valence-corrected chi connectivity index (χ1v) is 7.93. The molecule has 2 N–H and O–H groups in total. The van der Waals surface area contributed by atoms with Gasteiger partial charge in [0.25, 0.3) is 0 Å². The summed E-state index contributed by atoms with van der Waals surface area (Å²) >= 11 is 0. The fraction of sp³-hybridized carbons (Fsp3) is 0.800. The van der Waals surface area contributed by atoms with Gasteiger partial charge in [0, 0.05) is 32.7 Å². The Labute approximate surface area is 130 Å². The van der Waals surface area contributed by atoms with E-state index < -0.39 is 11.9 Å². The number of nitrogens with zero attached hydrogens (tertiary/aromatic N) is 1. The monoisotopic (exact) mass is 312 g/mol. The van der Waals surface area contributed by atoms with Crippen molar-refractivity contribution in [3.63, 3.8) is 0 Å². The Balaban J connectivity index is 1.79. The van der Waals surface area contributed by atoms with Crippen LogP contribution in [0.3, 0.4) is 0 Å². The van der Waals surface area contributed by atoms with Gasteiger partial charge in [0.1, 0.15) is 0 Å². The number of carbonyl (C=O) groups is 3. The van der Waals surface area contributed by atoms with Crippen LogP contribution in [-0.4, -0.2) is 60.6 Å². The number of piperidine rings is 1. The van der Waals surface area contributed by atoms with Gasteiger partial charge in [-0.3, -0.25) is 14.4 Å². The van der Waals surface area contributed by atoms with Crippen molar-refractivity contribution in [3.8, 4) is 0 Å². The molecular weight excluding hydrogens is 288 g/mol. The highest BCUT2D eigenvalue weighted by atomic mass is 16.5. The van der Waals surface area contributed by atoms with Crippen LogP contribution in [0, 0.1) is 11.8 Å². The van der Waals surface area contributed by atoms with E-state index >= 15 is 0 Å². The summed E-state index contributed by atoms with van der Waals surface area (Å²) in [5, 5.41) is 12.0. The van der Waals surface area contributed by atoms with Crippen LogP contribution in [0.1, 0.15) is 32.1 Å². The number of rotatable bonds is 6. The lowest BCUT2D eigenvalue weighted by molar-refractivity contribution is -0.145. The summed E-state index contributed by atoms with van der Waals surface area (Å²) in [4.78, 5) is 36.5. The van der Waals surface area contributed by atoms with Gasteiger partial charge in [-0.1, -0.05) is 0 Å². The zero-order chi connectivity index (χ0) is 15.9. The minimum atomic E-state index is -0.888. The maximum absolute atomic E-state index is 11.9. The molecular formula is C15H24N2O5. The van der Waals surface area contributed by atoms with Crippen molar-refractivity contribution < 1.29 is 24.2 Å². The maximum atomic E-state index is 11.9. The van der Waals surface area contributed by atoms with Gasteiger partial charge in [0.05, 0.1) is 12.5 Å². The Morgan fingerprint density at radius 3 is 2.68 bits per heavy atom. The fourth-order valence-corrected chi connectivity index (χ4v) is 3.06. The fourth-order valence-electron chi connectivity index (χ4n) is 3.06. The molecule has 2 heterocycles. The molecule has 0 aliphatic carbocycles. The van der Waals surface area contributed by atoms with Gasteiger partial charge in [0.2, 0.25) is 11.8 Å². The number of hydrogen-bond donors (Lipinski definition) is 2. The van der Waals surface area contributed by atoms with E-state index in [0.717, 1.165) is 12.8 Å². The summed E-state index contributed by atoms with van der Waals surface area (Å²) < 4.78 is 5.24. The maximum Gasteiger partial charge on any atom is 0.308 e. The molecule has 0 saturated carbocycles. The summed E-state index contributed by atoms with van der Waals surface area (Å²) in [5.74, 6) is -1.73. The Morgan fingerprint density at radius 2 is 2.05 bits per heavy atom. The van der Waals surface area contributed by atoms with Crippen molar-refractivity contribution in [2.75, 3.05) is 32.8 Å². The van der Waals surface area contributed by atoms with Crippen molar-refractivity contribution in [2.24, 2.45) is 11.8 Å². The minimum Gasteiger partial charge on any atom is -0.481 e. The second-order valence-electron chi connectivity index (χ2n) is 5.97. The average Bonchev–Trinajstić information content (AvgIpc) is 2.50. The molecule has 0 spiro atoms. The van der Waals surface area contributed by atoms with Gasteiger partial charge in [-0.05, 0) is 31.6 Å². The topological polar surface area (TPSA) is 95.9 Å². The second kappa shape index (κ2) is 8.12. The third-order valence-electron chi connectivity index (χ3n) is 4.43. The highest BCUT2D eigenvalue weighted by Gasteiger charge is 2.30. The van der Waals surface area contributed by atoms with Crippen LogP contribution < -0.4 is 5.32 Å². The first-order valence-electron chi connectivity index (χ1n) is 7.93. The lowest BCUT2D eigenvalue weighted by Crippen LogP contribution is -2.45. The third-order valence-corrected chi connectivity index (χ3v) is 4.43. The number of aliphatic carboxylic acids is 1. The van der Waals surface area contributed by atoms with Gasteiger partial charge >= 0.3 is 5.97 Å². The molecule has 2 saturated heterocycles. The minimum absolute atomic E-state index is 0.000568. The van der Waals surface area contributed by atoms with E-state index in [4.69, 9.17) is 4.74 Å². The third kappa shape index (κ3) is 4.69. The summed E-state index contributed by atoms with van der Waals surface area (Å²) in [6, 6.07) is 0. The predicted octanol–water partition coefficient (Wildman–Crippen LogP) is 0.243.